The molecule has 0 spiro atoms. The quantitative estimate of drug-likeness (QED) is 0.624. The van der Waals surface area contributed by atoms with Gasteiger partial charge in [-0.1, -0.05) is 18.2 Å². The number of alkyl halides is 3. The Hall–Kier alpha value is -2.87. The van der Waals surface area contributed by atoms with Crippen LogP contribution in [0.1, 0.15) is 22.4 Å². The van der Waals surface area contributed by atoms with Gasteiger partial charge in [0.05, 0.1) is 5.69 Å². The van der Waals surface area contributed by atoms with Crippen LogP contribution in [0, 0.1) is 13.8 Å². The fraction of sp³-hybridized carbons (Fsp3) is 0.333. The Bertz CT molecular complexity index is 1050. The Morgan fingerprint density at radius 3 is 2.45 bits per heavy atom. The minimum absolute atomic E-state index is 0.142. The molecule has 0 radical (unpaired) electrons. The SMILES string of the molecule is Cc1cc(CN(C)Cc2cc(=O)n3ccccc3n2)cc(C)c1OCC(F)(F)F. The maximum absolute atomic E-state index is 12.4. The molecule has 2 aromatic heterocycles. The van der Waals surface area contributed by atoms with E-state index in [1.807, 2.05) is 30.1 Å². The third-order valence-corrected chi connectivity index (χ3v) is 4.41. The molecule has 0 aliphatic heterocycles. The maximum Gasteiger partial charge on any atom is 0.422 e. The van der Waals surface area contributed by atoms with Crippen LogP contribution in [0.25, 0.3) is 5.65 Å². The van der Waals surface area contributed by atoms with E-state index in [0.29, 0.717) is 35.6 Å². The number of rotatable bonds is 6. The molecule has 0 atom stereocenters. The summed E-state index contributed by atoms with van der Waals surface area (Å²) in [5, 5.41) is 0. The van der Waals surface area contributed by atoms with Crippen molar-refractivity contribution in [1.82, 2.24) is 14.3 Å². The molecule has 0 aliphatic rings. The van der Waals surface area contributed by atoms with Gasteiger partial charge in [-0.25, -0.2) is 4.98 Å². The van der Waals surface area contributed by atoms with Crippen LogP contribution in [-0.4, -0.2) is 34.1 Å². The highest BCUT2D eigenvalue weighted by Gasteiger charge is 2.29. The van der Waals surface area contributed by atoms with Crippen LogP contribution in [0.5, 0.6) is 5.75 Å². The zero-order valence-corrected chi connectivity index (χ0v) is 16.5. The first-order valence-electron chi connectivity index (χ1n) is 9.08. The lowest BCUT2D eigenvalue weighted by Crippen LogP contribution is -2.22. The van der Waals surface area contributed by atoms with E-state index in [-0.39, 0.29) is 11.3 Å². The van der Waals surface area contributed by atoms with E-state index in [0.717, 1.165) is 5.56 Å². The average molecular weight is 405 g/mol. The molecule has 29 heavy (non-hydrogen) atoms. The summed E-state index contributed by atoms with van der Waals surface area (Å²) < 4.78 is 43.7. The smallest absolute Gasteiger partial charge is 0.422 e. The molecule has 154 valence electrons. The van der Waals surface area contributed by atoms with Crippen molar-refractivity contribution < 1.29 is 17.9 Å². The highest BCUT2D eigenvalue weighted by molar-refractivity contribution is 5.43. The summed E-state index contributed by atoms with van der Waals surface area (Å²) >= 11 is 0. The van der Waals surface area contributed by atoms with Crippen molar-refractivity contribution >= 4 is 5.65 Å². The third kappa shape index (κ3) is 5.35. The number of aromatic nitrogens is 2. The Labute approximate surface area is 166 Å². The van der Waals surface area contributed by atoms with Crippen LogP contribution in [0.4, 0.5) is 13.2 Å². The van der Waals surface area contributed by atoms with Gasteiger partial charge in [0.25, 0.3) is 5.56 Å². The maximum atomic E-state index is 12.4. The first kappa shape index (κ1) is 20.9. The fourth-order valence-corrected chi connectivity index (χ4v) is 3.34. The Morgan fingerprint density at radius 1 is 1.10 bits per heavy atom. The molecule has 0 aliphatic carbocycles. The monoisotopic (exact) mass is 405 g/mol. The van der Waals surface area contributed by atoms with Gasteiger partial charge in [-0.2, -0.15) is 13.2 Å². The molecule has 0 unspecified atom stereocenters. The molecule has 5 nitrogen and oxygen atoms in total. The number of ether oxygens (including phenoxy) is 1. The number of halogens is 3. The summed E-state index contributed by atoms with van der Waals surface area (Å²) in [4.78, 5) is 18.7. The van der Waals surface area contributed by atoms with Gasteiger partial charge >= 0.3 is 6.18 Å². The van der Waals surface area contributed by atoms with Crippen LogP contribution >= 0.6 is 0 Å². The number of hydrogen-bond donors (Lipinski definition) is 0. The van der Waals surface area contributed by atoms with Crippen LogP contribution < -0.4 is 10.3 Å². The van der Waals surface area contributed by atoms with E-state index < -0.39 is 12.8 Å². The van der Waals surface area contributed by atoms with Gasteiger partial charge < -0.3 is 4.74 Å². The van der Waals surface area contributed by atoms with E-state index in [4.69, 9.17) is 4.74 Å². The van der Waals surface area contributed by atoms with Gasteiger partial charge in [-0.15, -0.1) is 0 Å². The van der Waals surface area contributed by atoms with Gasteiger partial charge in [0, 0.05) is 25.4 Å². The second-order valence-corrected chi connectivity index (χ2v) is 7.15. The molecule has 8 heteroatoms. The average Bonchev–Trinajstić information content (AvgIpc) is 2.60. The molecule has 1 aromatic carbocycles. The first-order valence-corrected chi connectivity index (χ1v) is 9.08. The zero-order chi connectivity index (χ0) is 21.2. The topological polar surface area (TPSA) is 46.8 Å². The molecule has 0 N–H and O–H groups in total. The van der Waals surface area contributed by atoms with Crippen LogP contribution in [0.15, 0.2) is 47.4 Å². The predicted octanol–water partition coefficient (Wildman–Crippen LogP) is 3.88. The lowest BCUT2D eigenvalue weighted by atomic mass is 10.1. The van der Waals surface area contributed by atoms with E-state index in [1.54, 1.807) is 32.2 Å². The Balaban J connectivity index is 1.72. The van der Waals surface area contributed by atoms with Crippen molar-refractivity contribution in [3.8, 4) is 5.75 Å². The second-order valence-electron chi connectivity index (χ2n) is 7.15. The molecular weight excluding hydrogens is 383 g/mol. The molecule has 0 fully saturated rings. The van der Waals surface area contributed by atoms with E-state index >= 15 is 0 Å². The third-order valence-electron chi connectivity index (χ3n) is 4.41. The molecule has 3 rings (SSSR count). The molecule has 0 bridgehead atoms. The van der Waals surface area contributed by atoms with Crippen molar-refractivity contribution in [3.05, 3.63) is 75.3 Å². The number of hydrogen-bond acceptors (Lipinski definition) is 4. The van der Waals surface area contributed by atoms with Gasteiger partial charge in [-0.05, 0) is 49.7 Å². The Kier molecular flexibility index (Phi) is 5.93. The summed E-state index contributed by atoms with van der Waals surface area (Å²) in [6.45, 7) is 3.17. The number of benzene rings is 1. The Morgan fingerprint density at radius 2 is 1.79 bits per heavy atom. The largest absolute Gasteiger partial charge is 0.484 e. The number of pyridine rings is 1. The van der Waals surface area contributed by atoms with Gasteiger partial charge in [0.2, 0.25) is 0 Å². The van der Waals surface area contributed by atoms with Gasteiger partial charge in [0.1, 0.15) is 11.4 Å². The summed E-state index contributed by atoms with van der Waals surface area (Å²) in [5.41, 5.74) is 3.35. The fourth-order valence-electron chi connectivity index (χ4n) is 3.34. The molecular formula is C21H22F3N3O2. The highest BCUT2D eigenvalue weighted by atomic mass is 19.4. The van der Waals surface area contributed by atoms with Crippen LogP contribution in [0.2, 0.25) is 0 Å². The van der Waals surface area contributed by atoms with Crippen molar-refractivity contribution in [2.75, 3.05) is 13.7 Å². The van der Waals surface area contributed by atoms with Crippen molar-refractivity contribution in [1.29, 1.82) is 0 Å². The van der Waals surface area contributed by atoms with E-state index in [2.05, 4.69) is 4.98 Å². The van der Waals surface area contributed by atoms with Crippen molar-refractivity contribution in [2.24, 2.45) is 0 Å². The van der Waals surface area contributed by atoms with Crippen LogP contribution in [0.3, 0.4) is 0 Å². The summed E-state index contributed by atoms with van der Waals surface area (Å²) in [6, 6.07) is 10.5. The highest BCUT2D eigenvalue weighted by Crippen LogP contribution is 2.27. The van der Waals surface area contributed by atoms with Gasteiger partial charge in [0.15, 0.2) is 6.61 Å². The molecule has 2 heterocycles. The molecule has 0 amide bonds. The minimum atomic E-state index is -4.37. The molecule has 3 aromatic rings. The van der Waals surface area contributed by atoms with Crippen molar-refractivity contribution in [2.45, 2.75) is 33.1 Å². The first-order chi connectivity index (χ1) is 13.6. The van der Waals surface area contributed by atoms with E-state index in [1.165, 1.54) is 10.5 Å². The van der Waals surface area contributed by atoms with Crippen LogP contribution in [-0.2, 0) is 13.1 Å². The number of fused-ring (bicyclic) bond motifs is 1. The summed E-state index contributed by atoms with van der Waals surface area (Å²) in [7, 11) is 1.90. The summed E-state index contributed by atoms with van der Waals surface area (Å²) in [6.07, 6.45) is -2.70. The lowest BCUT2D eigenvalue weighted by molar-refractivity contribution is -0.153. The van der Waals surface area contributed by atoms with Crippen molar-refractivity contribution in [3.63, 3.8) is 0 Å². The minimum Gasteiger partial charge on any atom is -0.484 e. The standard InChI is InChI=1S/C21H22F3N3O2/c1-14-8-16(9-15(2)20(14)29-13-21(22,23)24)11-26(3)12-17-10-19(28)27-7-5-4-6-18(27)25-17/h4-10H,11-13H2,1-3H3. The normalized spacial score (nSPS) is 12.0. The molecule has 0 saturated carbocycles. The number of nitrogens with zero attached hydrogens (tertiary/aromatic N) is 3. The lowest BCUT2D eigenvalue weighted by Gasteiger charge is -2.19. The zero-order valence-electron chi connectivity index (χ0n) is 16.5. The summed E-state index contributed by atoms with van der Waals surface area (Å²) in [5.74, 6) is 0.262. The van der Waals surface area contributed by atoms with E-state index in [9.17, 15) is 18.0 Å². The molecule has 0 saturated heterocycles. The number of aryl methyl sites for hydroxylation is 2. The second kappa shape index (κ2) is 8.24. The predicted molar refractivity (Wildman–Crippen MR) is 104 cm³/mol. The van der Waals surface area contributed by atoms with Gasteiger partial charge in [-0.3, -0.25) is 14.1 Å².